The number of nitrogens with zero attached hydrogens (tertiary/aromatic N) is 1. The van der Waals surface area contributed by atoms with Gasteiger partial charge in [0.2, 0.25) is 6.29 Å². The van der Waals surface area contributed by atoms with Crippen molar-refractivity contribution in [2.24, 2.45) is 0 Å². The molecule has 1 aliphatic heterocycles. The third-order valence-corrected chi connectivity index (χ3v) is 5.71. The fraction of sp³-hybridized carbons (Fsp3) is 0.143. The summed E-state index contributed by atoms with van der Waals surface area (Å²) < 4.78 is 17.2. The minimum Gasteiger partial charge on any atom is -0.495 e. The number of aromatic nitrogens is 2. The first-order chi connectivity index (χ1) is 17.2. The molecule has 7 nitrogen and oxygen atoms in total. The van der Waals surface area contributed by atoms with E-state index in [2.05, 4.69) is 15.5 Å². The quantitative estimate of drug-likeness (QED) is 0.382. The van der Waals surface area contributed by atoms with Crippen LogP contribution in [0.3, 0.4) is 0 Å². The fourth-order valence-electron chi connectivity index (χ4n) is 3.98. The number of carbonyl (C=O) groups excluding carboxylic acids is 1. The summed E-state index contributed by atoms with van der Waals surface area (Å²) in [6.07, 6.45) is 5.48. The molecule has 2 heterocycles. The lowest BCUT2D eigenvalue weighted by Gasteiger charge is -2.11. The lowest BCUT2D eigenvalue weighted by molar-refractivity contribution is -0.0268. The van der Waals surface area contributed by atoms with Crippen LogP contribution in [0.25, 0.3) is 17.0 Å². The van der Waals surface area contributed by atoms with Crippen molar-refractivity contribution >= 4 is 22.9 Å². The Labute approximate surface area is 203 Å². The van der Waals surface area contributed by atoms with Gasteiger partial charge in [0, 0.05) is 13.0 Å². The number of allylic oxidation sites excluding steroid dienone is 1. The number of benzene rings is 3. The Balaban J connectivity index is 1.31. The molecule has 0 saturated heterocycles. The number of hydrogen-bond acceptors (Lipinski definition) is 5. The first-order valence-corrected chi connectivity index (χ1v) is 11.3. The molecule has 7 heteroatoms. The highest BCUT2D eigenvalue weighted by Gasteiger charge is 2.20. The van der Waals surface area contributed by atoms with Crippen molar-refractivity contribution in [3.63, 3.8) is 0 Å². The van der Waals surface area contributed by atoms with E-state index in [9.17, 15) is 4.79 Å². The minimum absolute atomic E-state index is 0.220. The Morgan fingerprint density at radius 1 is 1.03 bits per heavy atom. The van der Waals surface area contributed by atoms with Gasteiger partial charge in [0.05, 0.1) is 29.3 Å². The minimum atomic E-state index is -0.373. The number of fused-ring (bicyclic) bond motifs is 1. The first kappa shape index (κ1) is 22.3. The van der Waals surface area contributed by atoms with Crippen molar-refractivity contribution in [2.45, 2.75) is 19.3 Å². The molecule has 1 amide bonds. The van der Waals surface area contributed by atoms with Gasteiger partial charge in [-0.1, -0.05) is 60.7 Å². The summed E-state index contributed by atoms with van der Waals surface area (Å²) in [7, 11) is 1.55. The molecule has 1 unspecified atom stereocenters. The summed E-state index contributed by atoms with van der Waals surface area (Å²) in [5, 5.41) is 11.1. The zero-order chi connectivity index (χ0) is 24.0. The van der Waals surface area contributed by atoms with Crippen LogP contribution in [0.4, 0.5) is 0 Å². The smallest absolute Gasteiger partial charge is 0.255 e. The highest BCUT2D eigenvalue weighted by atomic mass is 16.7. The number of amides is 1. The van der Waals surface area contributed by atoms with Crippen molar-refractivity contribution in [1.29, 1.82) is 0 Å². The van der Waals surface area contributed by atoms with Gasteiger partial charge in [0.1, 0.15) is 12.0 Å². The maximum atomic E-state index is 12.9. The molecule has 2 N–H and O–H groups in total. The van der Waals surface area contributed by atoms with Crippen molar-refractivity contribution < 1.29 is 19.0 Å². The molecule has 1 atom stereocenters. The fourth-order valence-corrected chi connectivity index (χ4v) is 3.98. The molecular formula is C28H25N3O4. The molecule has 1 aliphatic rings. The molecule has 3 aromatic carbocycles. The average molecular weight is 468 g/mol. The van der Waals surface area contributed by atoms with Crippen LogP contribution in [-0.4, -0.2) is 29.5 Å². The number of nitrogens with one attached hydrogen (secondary N) is 2. The summed E-state index contributed by atoms with van der Waals surface area (Å²) in [4.78, 5) is 12.9. The Morgan fingerprint density at radius 2 is 1.77 bits per heavy atom. The van der Waals surface area contributed by atoms with Gasteiger partial charge in [-0.05, 0) is 35.4 Å². The van der Waals surface area contributed by atoms with Crippen LogP contribution in [0.1, 0.15) is 27.2 Å². The van der Waals surface area contributed by atoms with E-state index in [1.165, 1.54) is 0 Å². The van der Waals surface area contributed by atoms with E-state index >= 15 is 0 Å². The molecular weight excluding hydrogens is 442 g/mol. The number of hydrogen-bond donors (Lipinski definition) is 2. The van der Waals surface area contributed by atoms with E-state index in [0.717, 1.165) is 22.0 Å². The van der Waals surface area contributed by atoms with E-state index in [-0.39, 0.29) is 12.2 Å². The predicted molar refractivity (Wildman–Crippen MR) is 133 cm³/mol. The lowest BCUT2D eigenvalue weighted by Crippen LogP contribution is -2.23. The average Bonchev–Trinajstić information content (AvgIpc) is 3.53. The summed E-state index contributed by atoms with van der Waals surface area (Å²) in [5.74, 6) is 0.835. The van der Waals surface area contributed by atoms with Gasteiger partial charge in [0.15, 0.2) is 5.76 Å². The van der Waals surface area contributed by atoms with Crippen LogP contribution in [-0.2, 0) is 22.4 Å². The van der Waals surface area contributed by atoms with Crippen molar-refractivity contribution in [3.8, 4) is 5.75 Å². The summed E-state index contributed by atoms with van der Waals surface area (Å²) >= 11 is 0. The predicted octanol–water partition coefficient (Wildman–Crippen LogP) is 4.97. The van der Waals surface area contributed by atoms with Gasteiger partial charge in [-0.15, -0.1) is 0 Å². The second kappa shape index (κ2) is 10.2. The highest BCUT2D eigenvalue weighted by molar-refractivity contribution is 6.05. The van der Waals surface area contributed by atoms with E-state index in [4.69, 9.17) is 14.2 Å². The molecule has 1 aromatic heterocycles. The van der Waals surface area contributed by atoms with E-state index in [1.807, 2.05) is 72.8 Å². The maximum Gasteiger partial charge on any atom is 0.255 e. The summed E-state index contributed by atoms with van der Waals surface area (Å²) in [6.45, 7) is 0.425. The Bertz CT molecular complexity index is 1380. The van der Waals surface area contributed by atoms with Gasteiger partial charge in [-0.2, -0.15) is 5.10 Å². The van der Waals surface area contributed by atoms with Crippen molar-refractivity contribution in [1.82, 2.24) is 15.5 Å². The van der Waals surface area contributed by atoms with Crippen molar-refractivity contribution in [3.05, 3.63) is 113 Å². The molecule has 0 fully saturated rings. The zero-order valence-corrected chi connectivity index (χ0v) is 19.2. The number of rotatable bonds is 8. The maximum absolute atomic E-state index is 12.9. The number of ether oxygens (including phenoxy) is 3. The normalized spacial score (nSPS) is 15.0. The standard InChI is InChI=1S/C28H25N3O4/c1-33-27-22(28(32)29-17-20-10-6-3-7-11-20)13-15-24-26(27)23(30-31-24)14-12-21-18-34-25(35-21)16-19-8-4-2-5-9-19/h2-15,18,25H,16-17H2,1H3,(H,29,32)(H,30,31). The van der Waals surface area contributed by atoms with Crippen LogP contribution >= 0.6 is 0 Å². The number of aromatic amines is 1. The number of H-pyrrole nitrogens is 1. The van der Waals surface area contributed by atoms with E-state index < -0.39 is 0 Å². The lowest BCUT2D eigenvalue weighted by atomic mass is 10.1. The topological polar surface area (TPSA) is 85.5 Å². The Kier molecular flexibility index (Phi) is 6.48. The number of methoxy groups -OCH3 is 1. The van der Waals surface area contributed by atoms with Crippen molar-refractivity contribution in [2.75, 3.05) is 7.11 Å². The SMILES string of the molecule is COc1c(C(=O)NCc2ccccc2)ccc2[nH]nc(C=CC3=COC(Cc4ccccc4)O3)c12. The largest absolute Gasteiger partial charge is 0.495 e. The molecule has 0 saturated carbocycles. The molecule has 0 aliphatic carbocycles. The highest BCUT2D eigenvalue weighted by Crippen LogP contribution is 2.32. The van der Waals surface area contributed by atoms with Gasteiger partial charge in [0.25, 0.3) is 5.91 Å². The molecule has 0 spiro atoms. The van der Waals surface area contributed by atoms with Crippen LogP contribution in [0.15, 0.2) is 90.9 Å². The van der Waals surface area contributed by atoms with Crippen LogP contribution in [0, 0.1) is 0 Å². The monoisotopic (exact) mass is 467 g/mol. The number of carbonyl (C=O) groups is 1. The van der Waals surface area contributed by atoms with Gasteiger partial charge in [-0.3, -0.25) is 9.89 Å². The molecule has 0 bridgehead atoms. The third kappa shape index (κ3) is 5.04. The van der Waals surface area contributed by atoms with Crippen LogP contribution in [0.5, 0.6) is 5.75 Å². The van der Waals surface area contributed by atoms with Crippen LogP contribution < -0.4 is 10.1 Å². The molecule has 0 radical (unpaired) electrons. The van der Waals surface area contributed by atoms with E-state index in [0.29, 0.717) is 35.7 Å². The molecule has 35 heavy (non-hydrogen) atoms. The first-order valence-electron chi connectivity index (χ1n) is 11.3. The van der Waals surface area contributed by atoms with Gasteiger partial charge in [-0.25, -0.2) is 0 Å². The van der Waals surface area contributed by atoms with Gasteiger partial charge < -0.3 is 19.5 Å². The Morgan fingerprint density at radius 3 is 2.51 bits per heavy atom. The van der Waals surface area contributed by atoms with Crippen LogP contribution in [0.2, 0.25) is 0 Å². The summed E-state index contributed by atoms with van der Waals surface area (Å²) in [5.41, 5.74) is 3.99. The molecule has 176 valence electrons. The van der Waals surface area contributed by atoms with Gasteiger partial charge >= 0.3 is 0 Å². The second-order valence-electron chi connectivity index (χ2n) is 8.07. The summed E-state index contributed by atoms with van der Waals surface area (Å²) in [6, 6.07) is 23.4. The third-order valence-electron chi connectivity index (χ3n) is 5.71. The molecule has 4 aromatic rings. The molecule has 5 rings (SSSR count). The second-order valence-corrected chi connectivity index (χ2v) is 8.07. The Hall–Kier alpha value is -4.52. The zero-order valence-electron chi connectivity index (χ0n) is 19.2. The van der Waals surface area contributed by atoms with E-state index in [1.54, 1.807) is 25.5 Å².